The second-order valence-electron chi connectivity index (χ2n) is 5.18. The SMILES string of the molecule is Cc1ccccc1C(=O)Nc1ccc2c(c1)CNCC2. The van der Waals surface area contributed by atoms with Crippen molar-refractivity contribution in [3.8, 4) is 0 Å². The molecule has 3 heteroatoms. The number of hydrogen-bond donors (Lipinski definition) is 2. The van der Waals surface area contributed by atoms with E-state index in [0.29, 0.717) is 0 Å². The molecule has 0 saturated heterocycles. The van der Waals surface area contributed by atoms with Crippen molar-refractivity contribution in [3.63, 3.8) is 0 Å². The summed E-state index contributed by atoms with van der Waals surface area (Å²) in [4.78, 5) is 12.3. The van der Waals surface area contributed by atoms with Crippen molar-refractivity contribution in [1.82, 2.24) is 5.32 Å². The van der Waals surface area contributed by atoms with Gasteiger partial charge in [-0.3, -0.25) is 4.79 Å². The molecule has 2 N–H and O–H groups in total. The van der Waals surface area contributed by atoms with Crippen molar-refractivity contribution < 1.29 is 4.79 Å². The maximum absolute atomic E-state index is 12.3. The van der Waals surface area contributed by atoms with Crippen molar-refractivity contribution >= 4 is 11.6 Å². The van der Waals surface area contributed by atoms with Crippen LogP contribution in [0, 0.1) is 6.92 Å². The molecular weight excluding hydrogens is 248 g/mol. The van der Waals surface area contributed by atoms with E-state index < -0.39 is 0 Å². The number of rotatable bonds is 2. The number of benzene rings is 2. The Balaban J connectivity index is 1.81. The average molecular weight is 266 g/mol. The maximum atomic E-state index is 12.3. The Hall–Kier alpha value is -2.13. The summed E-state index contributed by atoms with van der Waals surface area (Å²) in [5, 5.41) is 6.33. The highest BCUT2D eigenvalue weighted by Crippen LogP contribution is 2.20. The van der Waals surface area contributed by atoms with Gasteiger partial charge in [-0.1, -0.05) is 24.3 Å². The molecule has 0 unspecified atom stereocenters. The van der Waals surface area contributed by atoms with Crippen LogP contribution in [0.25, 0.3) is 0 Å². The van der Waals surface area contributed by atoms with Gasteiger partial charge >= 0.3 is 0 Å². The van der Waals surface area contributed by atoms with Gasteiger partial charge in [-0.05, 0) is 54.8 Å². The van der Waals surface area contributed by atoms with E-state index in [4.69, 9.17) is 0 Å². The van der Waals surface area contributed by atoms with Crippen LogP contribution in [0.1, 0.15) is 27.0 Å². The zero-order valence-electron chi connectivity index (χ0n) is 11.6. The van der Waals surface area contributed by atoms with E-state index in [0.717, 1.165) is 36.3 Å². The van der Waals surface area contributed by atoms with Crippen molar-refractivity contribution in [2.24, 2.45) is 0 Å². The molecule has 0 fully saturated rings. The van der Waals surface area contributed by atoms with Crippen LogP contribution in [-0.2, 0) is 13.0 Å². The molecule has 1 heterocycles. The zero-order valence-corrected chi connectivity index (χ0v) is 11.6. The summed E-state index contributed by atoms with van der Waals surface area (Å²) >= 11 is 0. The molecule has 0 radical (unpaired) electrons. The topological polar surface area (TPSA) is 41.1 Å². The number of hydrogen-bond acceptors (Lipinski definition) is 2. The predicted octanol–water partition coefficient (Wildman–Crippen LogP) is 2.89. The molecule has 1 aliphatic heterocycles. The fourth-order valence-electron chi connectivity index (χ4n) is 2.58. The van der Waals surface area contributed by atoms with Gasteiger partial charge in [0.2, 0.25) is 0 Å². The van der Waals surface area contributed by atoms with Crippen molar-refractivity contribution in [2.45, 2.75) is 19.9 Å². The van der Waals surface area contributed by atoms with Gasteiger partial charge in [-0.25, -0.2) is 0 Å². The highest BCUT2D eigenvalue weighted by atomic mass is 16.1. The van der Waals surface area contributed by atoms with Crippen LogP contribution in [0.2, 0.25) is 0 Å². The second-order valence-corrected chi connectivity index (χ2v) is 5.18. The van der Waals surface area contributed by atoms with Gasteiger partial charge in [-0.15, -0.1) is 0 Å². The van der Waals surface area contributed by atoms with Crippen LogP contribution in [0.4, 0.5) is 5.69 Å². The molecule has 0 spiro atoms. The monoisotopic (exact) mass is 266 g/mol. The van der Waals surface area contributed by atoms with Crippen LogP contribution in [-0.4, -0.2) is 12.5 Å². The molecule has 102 valence electrons. The van der Waals surface area contributed by atoms with E-state index in [1.807, 2.05) is 37.3 Å². The Morgan fingerprint density at radius 1 is 1.15 bits per heavy atom. The van der Waals surface area contributed by atoms with Gasteiger partial charge in [0.25, 0.3) is 5.91 Å². The number of aryl methyl sites for hydroxylation is 1. The Labute approximate surface area is 119 Å². The lowest BCUT2D eigenvalue weighted by Gasteiger charge is -2.18. The number of anilines is 1. The Bertz CT molecular complexity index is 649. The third-order valence-electron chi connectivity index (χ3n) is 3.74. The molecule has 2 aromatic carbocycles. The van der Waals surface area contributed by atoms with Crippen LogP contribution in [0.15, 0.2) is 42.5 Å². The summed E-state index contributed by atoms with van der Waals surface area (Å²) in [7, 11) is 0. The summed E-state index contributed by atoms with van der Waals surface area (Å²) < 4.78 is 0. The maximum Gasteiger partial charge on any atom is 0.255 e. The molecule has 2 aromatic rings. The largest absolute Gasteiger partial charge is 0.322 e. The van der Waals surface area contributed by atoms with Crippen LogP contribution in [0.5, 0.6) is 0 Å². The molecule has 3 nitrogen and oxygen atoms in total. The fourth-order valence-corrected chi connectivity index (χ4v) is 2.58. The fraction of sp³-hybridized carbons (Fsp3) is 0.235. The third-order valence-corrected chi connectivity index (χ3v) is 3.74. The van der Waals surface area contributed by atoms with Gasteiger partial charge in [-0.2, -0.15) is 0 Å². The van der Waals surface area contributed by atoms with E-state index in [1.165, 1.54) is 11.1 Å². The van der Waals surface area contributed by atoms with Crippen molar-refractivity contribution in [2.75, 3.05) is 11.9 Å². The summed E-state index contributed by atoms with van der Waals surface area (Å²) in [6, 6.07) is 13.8. The molecule has 0 bridgehead atoms. The van der Waals surface area contributed by atoms with E-state index in [9.17, 15) is 4.79 Å². The number of carbonyl (C=O) groups excluding carboxylic acids is 1. The van der Waals surface area contributed by atoms with Gasteiger partial charge in [0, 0.05) is 17.8 Å². The Kier molecular flexibility index (Phi) is 3.52. The predicted molar refractivity (Wildman–Crippen MR) is 81.0 cm³/mol. The highest BCUT2D eigenvalue weighted by molar-refractivity contribution is 6.05. The van der Waals surface area contributed by atoms with E-state index in [1.54, 1.807) is 0 Å². The number of fused-ring (bicyclic) bond motifs is 1. The molecule has 1 amide bonds. The molecule has 0 saturated carbocycles. The molecule has 0 aromatic heterocycles. The average Bonchev–Trinajstić information content (AvgIpc) is 2.47. The quantitative estimate of drug-likeness (QED) is 0.877. The van der Waals surface area contributed by atoms with Crippen molar-refractivity contribution in [3.05, 3.63) is 64.7 Å². The molecular formula is C17H18N2O. The molecule has 0 atom stereocenters. The lowest BCUT2D eigenvalue weighted by Crippen LogP contribution is -2.23. The summed E-state index contributed by atoms with van der Waals surface area (Å²) in [6.45, 7) is 3.86. The Morgan fingerprint density at radius 3 is 2.85 bits per heavy atom. The summed E-state index contributed by atoms with van der Waals surface area (Å²) in [5.74, 6) is -0.0492. The number of nitrogens with one attached hydrogen (secondary N) is 2. The third kappa shape index (κ3) is 2.58. The molecule has 20 heavy (non-hydrogen) atoms. The van der Waals surface area contributed by atoms with Crippen LogP contribution in [0.3, 0.4) is 0 Å². The smallest absolute Gasteiger partial charge is 0.255 e. The van der Waals surface area contributed by atoms with Crippen LogP contribution < -0.4 is 10.6 Å². The van der Waals surface area contributed by atoms with Crippen LogP contribution >= 0.6 is 0 Å². The summed E-state index contributed by atoms with van der Waals surface area (Å²) in [6.07, 6.45) is 1.06. The minimum absolute atomic E-state index is 0.0492. The lowest BCUT2D eigenvalue weighted by atomic mass is 10.0. The molecule has 0 aliphatic carbocycles. The van der Waals surface area contributed by atoms with Gasteiger partial charge < -0.3 is 10.6 Å². The minimum atomic E-state index is -0.0492. The van der Waals surface area contributed by atoms with Gasteiger partial charge in [0.05, 0.1) is 0 Å². The first kappa shape index (κ1) is 12.9. The van der Waals surface area contributed by atoms with Gasteiger partial charge in [0.15, 0.2) is 0 Å². The van der Waals surface area contributed by atoms with E-state index in [-0.39, 0.29) is 5.91 Å². The number of amides is 1. The first-order valence-electron chi connectivity index (χ1n) is 6.93. The number of carbonyl (C=O) groups is 1. The standard InChI is InChI=1S/C17H18N2O/c1-12-4-2-3-5-16(12)17(20)19-15-7-6-13-8-9-18-11-14(13)10-15/h2-7,10,18H,8-9,11H2,1H3,(H,19,20). The molecule has 1 aliphatic rings. The molecule has 3 rings (SSSR count). The van der Waals surface area contributed by atoms with Crippen molar-refractivity contribution in [1.29, 1.82) is 0 Å². The second kappa shape index (κ2) is 5.47. The first-order chi connectivity index (χ1) is 9.74. The highest BCUT2D eigenvalue weighted by Gasteiger charge is 2.12. The Morgan fingerprint density at radius 2 is 2.00 bits per heavy atom. The lowest BCUT2D eigenvalue weighted by molar-refractivity contribution is 0.102. The first-order valence-corrected chi connectivity index (χ1v) is 6.93. The summed E-state index contributed by atoms with van der Waals surface area (Å²) in [5.41, 5.74) is 5.23. The zero-order chi connectivity index (χ0) is 13.9. The van der Waals surface area contributed by atoms with Gasteiger partial charge in [0.1, 0.15) is 0 Å². The normalized spacial score (nSPS) is 13.7. The van der Waals surface area contributed by atoms with E-state index >= 15 is 0 Å². The minimum Gasteiger partial charge on any atom is -0.322 e. The van der Waals surface area contributed by atoms with E-state index in [2.05, 4.69) is 22.8 Å².